The lowest BCUT2D eigenvalue weighted by molar-refractivity contribution is 0.0754. The zero-order valence-corrected chi connectivity index (χ0v) is 11.5. The number of fused-ring (bicyclic) bond motifs is 1. The van der Waals surface area contributed by atoms with Crippen LogP contribution in [-0.4, -0.2) is 17.9 Å². The van der Waals surface area contributed by atoms with Gasteiger partial charge in [-0.25, -0.2) is 4.39 Å². The van der Waals surface area contributed by atoms with Crippen molar-refractivity contribution in [2.75, 3.05) is 7.05 Å². The van der Waals surface area contributed by atoms with Gasteiger partial charge >= 0.3 is 0 Å². The van der Waals surface area contributed by atoms with Crippen LogP contribution in [0.1, 0.15) is 16.1 Å². The Balaban J connectivity index is 1.82. The molecule has 2 aromatic carbocycles. The second-order valence-electron chi connectivity index (χ2n) is 4.90. The maximum Gasteiger partial charge on any atom is 0.289 e. The summed E-state index contributed by atoms with van der Waals surface area (Å²) >= 11 is 0. The van der Waals surface area contributed by atoms with Gasteiger partial charge in [0.25, 0.3) is 5.91 Å². The number of halogens is 1. The van der Waals surface area contributed by atoms with Gasteiger partial charge in [-0.3, -0.25) is 4.79 Å². The van der Waals surface area contributed by atoms with Crippen LogP contribution < -0.4 is 0 Å². The van der Waals surface area contributed by atoms with Crippen molar-refractivity contribution in [1.82, 2.24) is 4.90 Å². The number of nitrogens with zero attached hydrogens (tertiary/aromatic N) is 1. The maximum absolute atomic E-state index is 13.6. The SMILES string of the molecule is CN(Cc1ccccc1F)C(=O)c1cc2ccccc2o1. The second kappa shape index (κ2) is 5.40. The Morgan fingerprint density at radius 1 is 1.14 bits per heavy atom. The van der Waals surface area contributed by atoms with Crippen LogP contribution in [0, 0.1) is 5.82 Å². The highest BCUT2D eigenvalue weighted by molar-refractivity contribution is 5.95. The Bertz CT molecular complexity index is 761. The summed E-state index contributed by atoms with van der Waals surface area (Å²) < 4.78 is 19.2. The molecule has 0 aliphatic rings. The van der Waals surface area contributed by atoms with E-state index >= 15 is 0 Å². The number of para-hydroxylation sites is 1. The van der Waals surface area contributed by atoms with Crippen LogP contribution in [0.3, 0.4) is 0 Å². The molecule has 3 rings (SSSR count). The van der Waals surface area contributed by atoms with E-state index in [1.165, 1.54) is 11.0 Å². The van der Waals surface area contributed by atoms with E-state index in [0.717, 1.165) is 5.39 Å². The Labute approximate surface area is 121 Å². The number of amides is 1. The molecule has 0 radical (unpaired) electrons. The molecule has 0 unspecified atom stereocenters. The summed E-state index contributed by atoms with van der Waals surface area (Å²) in [5.41, 5.74) is 1.14. The molecule has 0 saturated heterocycles. The molecule has 106 valence electrons. The molecule has 21 heavy (non-hydrogen) atoms. The maximum atomic E-state index is 13.6. The molecule has 0 N–H and O–H groups in total. The average molecular weight is 283 g/mol. The van der Waals surface area contributed by atoms with Gasteiger partial charge in [0.15, 0.2) is 5.76 Å². The number of benzene rings is 2. The van der Waals surface area contributed by atoms with Gasteiger partial charge in [0.05, 0.1) is 0 Å². The van der Waals surface area contributed by atoms with Gasteiger partial charge in [0, 0.05) is 24.5 Å². The van der Waals surface area contributed by atoms with E-state index in [0.29, 0.717) is 11.1 Å². The van der Waals surface area contributed by atoms with Crippen LogP contribution >= 0.6 is 0 Å². The van der Waals surface area contributed by atoms with Crippen LogP contribution in [0.15, 0.2) is 59.0 Å². The first-order valence-electron chi connectivity index (χ1n) is 6.62. The lowest BCUT2D eigenvalue weighted by Crippen LogP contribution is -2.26. The molecule has 4 heteroatoms. The fourth-order valence-corrected chi connectivity index (χ4v) is 2.23. The third kappa shape index (κ3) is 2.65. The predicted octanol–water partition coefficient (Wildman–Crippen LogP) is 3.84. The summed E-state index contributed by atoms with van der Waals surface area (Å²) in [6, 6.07) is 15.5. The normalized spacial score (nSPS) is 10.8. The molecular formula is C17H14FNO2. The smallest absolute Gasteiger partial charge is 0.289 e. The van der Waals surface area contributed by atoms with E-state index in [2.05, 4.69) is 0 Å². The van der Waals surface area contributed by atoms with Crippen molar-refractivity contribution in [2.45, 2.75) is 6.54 Å². The largest absolute Gasteiger partial charge is 0.451 e. The van der Waals surface area contributed by atoms with Gasteiger partial charge in [-0.1, -0.05) is 36.4 Å². The van der Waals surface area contributed by atoms with E-state index in [1.807, 2.05) is 24.3 Å². The molecule has 3 aromatic rings. The third-order valence-corrected chi connectivity index (χ3v) is 3.35. The molecule has 0 aliphatic heterocycles. The molecule has 0 fully saturated rings. The molecule has 1 aromatic heterocycles. The lowest BCUT2D eigenvalue weighted by Gasteiger charge is -2.16. The summed E-state index contributed by atoms with van der Waals surface area (Å²) in [5, 5.41) is 0.875. The fraction of sp³-hybridized carbons (Fsp3) is 0.118. The zero-order valence-electron chi connectivity index (χ0n) is 11.5. The van der Waals surface area contributed by atoms with Crippen LogP contribution in [0.25, 0.3) is 11.0 Å². The Kier molecular flexibility index (Phi) is 3.44. The molecule has 0 atom stereocenters. The van der Waals surface area contributed by atoms with Crippen molar-refractivity contribution >= 4 is 16.9 Å². The lowest BCUT2D eigenvalue weighted by atomic mass is 10.2. The molecule has 1 amide bonds. The van der Waals surface area contributed by atoms with Crippen molar-refractivity contribution in [3.05, 3.63) is 71.7 Å². The molecule has 1 heterocycles. The Morgan fingerprint density at radius 2 is 1.86 bits per heavy atom. The third-order valence-electron chi connectivity index (χ3n) is 3.35. The standard InChI is InChI=1S/C17H14FNO2/c1-19(11-13-7-2-4-8-14(13)18)17(20)16-10-12-6-3-5-9-15(12)21-16/h2-10H,11H2,1H3. The minimum atomic E-state index is -0.318. The molecule has 3 nitrogen and oxygen atoms in total. The Hall–Kier alpha value is -2.62. The zero-order chi connectivity index (χ0) is 14.8. The summed E-state index contributed by atoms with van der Waals surface area (Å²) in [4.78, 5) is 13.8. The van der Waals surface area contributed by atoms with Crippen molar-refractivity contribution in [3.63, 3.8) is 0 Å². The van der Waals surface area contributed by atoms with Crippen molar-refractivity contribution in [1.29, 1.82) is 0 Å². The van der Waals surface area contributed by atoms with Crippen molar-refractivity contribution in [3.8, 4) is 0 Å². The predicted molar refractivity (Wildman–Crippen MR) is 78.4 cm³/mol. The highest BCUT2D eigenvalue weighted by Gasteiger charge is 2.17. The molecular weight excluding hydrogens is 269 g/mol. The highest BCUT2D eigenvalue weighted by atomic mass is 19.1. The average Bonchev–Trinajstić information content (AvgIpc) is 2.92. The molecule has 0 bridgehead atoms. The molecule has 0 saturated carbocycles. The summed E-state index contributed by atoms with van der Waals surface area (Å²) in [6.07, 6.45) is 0. The van der Waals surface area contributed by atoms with E-state index in [1.54, 1.807) is 31.3 Å². The quantitative estimate of drug-likeness (QED) is 0.731. The van der Waals surface area contributed by atoms with Gasteiger partial charge in [0.1, 0.15) is 11.4 Å². The first-order valence-corrected chi connectivity index (χ1v) is 6.62. The van der Waals surface area contributed by atoms with Crippen LogP contribution in [0.2, 0.25) is 0 Å². The van der Waals surface area contributed by atoms with Crippen LogP contribution in [0.4, 0.5) is 4.39 Å². The number of hydrogen-bond acceptors (Lipinski definition) is 2. The summed E-state index contributed by atoms with van der Waals surface area (Å²) in [7, 11) is 1.63. The summed E-state index contributed by atoms with van der Waals surface area (Å²) in [5.74, 6) is -0.328. The first kappa shape index (κ1) is 13.4. The van der Waals surface area contributed by atoms with Crippen molar-refractivity contribution in [2.24, 2.45) is 0 Å². The van der Waals surface area contributed by atoms with Gasteiger partial charge in [-0.2, -0.15) is 0 Å². The molecule has 0 aliphatic carbocycles. The number of hydrogen-bond donors (Lipinski definition) is 0. The topological polar surface area (TPSA) is 33.5 Å². The van der Waals surface area contributed by atoms with E-state index < -0.39 is 0 Å². The van der Waals surface area contributed by atoms with Gasteiger partial charge in [0.2, 0.25) is 0 Å². The van der Waals surface area contributed by atoms with E-state index in [-0.39, 0.29) is 24.0 Å². The van der Waals surface area contributed by atoms with Gasteiger partial charge in [-0.15, -0.1) is 0 Å². The fourth-order valence-electron chi connectivity index (χ4n) is 2.23. The molecule has 0 spiro atoms. The number of carbonyl (C=O) groups is 1. The van der Waals surface area contributed by atoms with E-state index in [4.69, 9.17) is 4.42 Å². The highest BCUT2D eigenvalue weighted by Crippen LogP contribution is 2.20. The number of furan rings is 1. The van der Waals surface area contributed by atoms with Crippen molar-refractivity contribution < 1.29 is 13.6 Å². The monoisotopic (exact) mass is 283 g/mol. The number of rotatable bonds is 3. The summed E-state index contributed by atoms with van der Waals surface area (Å²) in [6.45, 7) is 0.197. The number of carbonyl (C=O) groups excluding carboxylic acids is 1. The van der Waals surface area contributed by atoms with Crippen LogP contribution in [-0.2, 0) is 6.54 Å². The van der Waals surface area contributed by atoms with Gasteiger partial charge in [-0.05, 0) is 18.2 Å². The minimum Gasteiger partial charge on any atom is -0.451 e. The van der Waals surface area contributed by atoms with Gasteiger partial charge < -0.3 is 9.32 Å². The Morgan fingerprint density at radius 3 is 2.62 bits per heavy atom. The van der Waals surface area contributed by atoms with Crippen LogP contribution in [0.5, 0.6) is 0 Å². The minimum absolute atomic E-state index is 0.197. The first-order chi connectivity index (χ1) is 10.1. The van der Waals surface area contributed by atoms with E-state index in [9.17, 15) is 9.18 Å². The second-order valence-corrected chi connectivity index (χ2v) is 4.90.